The molecule has 3 rings (SSSR count). The van der Waals surface area contributed by atoms with Crippen LogP contribution in [0.3, 0.4) is 0 Å². The number of para-hydroxylation sites is 1. The standard InChI is InChI=1S/C19H16N2O4/c1-11-7-8-14(12(2)9-11)17(22)20-21-18(23)15-10-13-5-3-4-6-16(13)25-19(15)24/h3-10H,1-2H3,(H,20,22)(H,21,23). The third-order valence-corrected chi connectivity index (χ3v) is 3.80. The molecule has 2 aromatic carbocycles. The second-order valence-corrected chi connectivity index (χ2v) is 5.71. The molecule has 0 aliphatic heterocycles. The van der Waals surface area contributed by atoms with Gasteiger partial charge in [-0.05, 0) is 37.6 Å². The third kappa shape index (κ3) is 3.42. The lowest BCUT2D eigenvalue weighted by Gasteiger charge is -2.09. The van der Waals surface area contributed by atoms with Crippen molar-refractivity contribution >= 4 is 22.8 Å². The summed E-state index contributed by atoms with van der Waals surface area (Å²) in [7, 11) is 0. The highest BCUT2D eigenvalue weighted by Gasteiger charge is 2.15. The fourth-order valence-corrected chi connectivity index (χ4v) is 2.54. The highest BCUT2D eigenvalue weighted by atomic mass is 16.4. The molecule has 1 aromatic heterocycles. The fraction of sp³-hybridized carbons (Fsp3) is 0.105. The van der Waals surface area contributed by atoms with Gasteiger partial charge in [0.2, 0.25) is 0 Å². The lowest BCUT2D eigenvalue weighted by atomic mass is 10.1. The molecule has 0 aliphatic rings. The smallest absolute Gasteiger partial charge is 0.349 e. The molecule has 0 bridgehead atoms. The number of carbonyl (C=O) groups excluding carboxylic acids is 2. The molecule has 0 saturated heterocycles. The maximum absolute atomic E-state index is 12.2. The van der Waals surface area contributed by atoms with E-state index >= 15 is 0 Å². The van der Waals surface area contributed by atoms with E-state index in [0.717, 1.165) is 11.1 Å². The van der Waals surface area contributed by atoms with E-state index in [2.05, 4.69) is 10.9 Å². The van der Waals surface area contributed by atoms with E-state index < -0.39 is 17.4 Å². The van der Waals surface area contributed by atoms with Crippen molar-refractivity contribution in [2.24, 2.45) is 0 Å². The van der Waals surface area contributed by atoms with Crippen molar-refractivity contribution in [2.75, 3.05) is 0 Å². The van der Waals surface area contributed by atoms with E-state index in [9.17, 15) is 14.4 Å². The van der Waals surface area contributed by atoms with Crippen LogP contribution in [-0.2, 0) is 0 Å². The minimum Gasteiger partial charge on any atom is -0.422 e. The fourth-order valence-electron chi connectivity index (χ4n) is 2.54. The first-order valence-electron chi connectivity index (χ1n) is 7.66. The molecular weight excluding hydrogens is 320 g/mol. The zero-order valence-corrected chi connectivity index (χ0v) is 13.8. The molecule has 0 atom stereocenters. The number of aryl methyl sites for hydroxylation is 2. The highest BCUT2D eigenvalue weighted by molar-refractivity contribution is 6.00. The molecule has 0 aliphatic carbocycles. The van der Waals surface area contributed by atoms with Crippen LogP contribution >= 0.6 is 0 Å². The Morgan fingerprint density at radius 2 is 1.56 bits per heavy atom. The van der Waals surface area contributed by atoms with Gasteiger partial charge in [-0.25, -0.2) is 4.79 Å². The Morgan fingerprint density at radius 1 is 0.880 bits per heavy atom. The summed E-state index contributed by atoms with van der Waals surface area (Å²) in [4.78, 5) is 36.3. The van der Waals surface area contributed by atoms with Crippen LogP contribution in [-0.4, -0.2) is 11.8 Å². The van der Waals surface area contributed by atoms with Gasteiger partial charge in [0.1, 0.15) is 11.1 Å². The van der Waals surface area contributed by atoms with Crippen molar-refractivity contribution in [1.82, 2.24) is 10.9 Å². The number of rotatable bonds is 2. The van der Waals surface area contributed by atoms with Crippen LogP contribution in [0.4, 0.5) is 0 Å². The Labute approximate surface area is 143 Å². The summed E-state index contributed by atoms with van der Waals surface area (Å²) in [5, 5.41) is 0.618. The van der Waals surface area contributed by atoms with Gasteiger partial charge in [0.15, 0.2) is 0 Å². The topological polar surface area (TPSA) is 88.4 Å². The van der Waals surface area contributed by atoms with Crippen molar-refractivity contribution in [3.05, 3.63) is 81.2 Å². The Hall–Kier alpha value is -3.41. The summed E-state index contributed by atoms with van der Waals surface area (Å²) in [6.07, 6.45) is 0. The summed E-state index contributed by atoms with van der Waals surface area (Å²) in [5.41, 5.74) is 6.27. The van der Waals surface area contributed by atoms with Gasteiger partial charge in [-0.3, -0.25) is 20.4 Å². The van der Waals surface area contributed by atoms with Gasteiger partial charge < -0.3 is 4.42 Å². The quantitative estimate of drug-likeness (QED) is 0.556. The van der Waals surface area contributed by atoms with Gasteiger partial charge in [0, 0.05) is 10.9 Å². The predicted molar refractivity (Wildman–Crippen MR) is 93.3 cm³/mol. The van der Waals surface area contributed by atoms with Crippen LogP contribution in [0, 0.1) is 13.8 Å². The van der Waals surface area contributed by atoms with Crippen LogP contribution in [0.5, 0.6) is 0 Å². The van der Waals surface area contributed by atoms with Crippen LogP contribution in [0.25, 0.3) is 11.0 Å². The Bertz CT molecular complexity index is 1040. The molecule has 2 amide bonds. The van der Waals surface area contributed by atoms with E-state index in [1.54, 1.807) is 30.3 Å². The molecule has 6 heteroatoms. The Morgan fingerprint density at radius 3 is 2.28 bits per heavy atom. The number of benzene rings is 2. The number of amides is 2. The molecule has 0 fully saturated rings. The van der Waals surface area contributed by atoms with Gasteiger partial charge in [-0.1, -0.05) is 35.9 Å². The van der Waals surface area contributed by atoms with Crippen molar-refractivity contribution < 1.29 is 14.0 Å². The normalized spacial score (nSPS) is 10.5. The molecular formula is C19H16N2O4. The van der Waals surface area contributed by atoms with Gasteiger partial charge >= 0.3 is 5.63 Å². The molecule has 1 heterocycles. The average Bonchev–Trinajstić information content (AvgIpc) is 2.58. The van der Waals surface area contributed by atoms with Crippen molar-refractivity contribution in [2.45, 2.75) is 13.8 Å². The minimum atomic E-state index is -0.767. The SMILES string of the molecule is Cc1ccc(C(=O)NNC(=O)c2cc3ccccc3oc2=O)c(C)c1. The molecule has 0 radical (unpaired) electrons. The second kappa shape index (κ2) is 6.60. The summed E-state index contributed by atoms with van der Waals surface area (Å²) in [6.45, 7) is 3.73. The van der Waals surface area contributed by atoms with Crippen molar-refractivity contribution in [1.29, 1.82) is 0 Å². The van der Waals surface area contributed by atoms with Crippen LogP contribution in [0.2, 0.25) is 0 Å². The van der Waals surface area contributed by atoms with Crippen molar-refractivity contribution in [3.8, 4) is 0 Å². The largest absolute Gasteiger partial charge is 0.422 e. The first-order chi connectivity index (χ1) is 12.0. The third-order valence-electron chi connectivity index (χ3n) is 3.80. The van der Waals surface area contributed by atoms with E-state index in [1.165, 1.54) is 6.07 Å². The van der Waals surface area contributed by atoms with Gasteiger partial charge in [-0.15, -0.1) is 0 Å². The first-order valence-corrected chi connectivity index (χ1v) is 7.66. The monoisotopic (exact) mass is 336 g/mol. The Balaban J connectivity index is 1.77. The molecule has 126 valence electrons. The summed E-state index contributed by atoms with van der Waals surface area (Å²) >= 11 is 0. The lowest BCUT2D eigenvalue weighted by Crippen LogP contribution is -2.43. The van der Waals surface area contributed by atoms with Crippen molar-refractivity contribution in [3.63, 3.8) is 0 Å². The number of hydrogen-bond donors (Lipinski definition) is 2. The predicted octanol–water partition coefficient (Wildman–Crippen LogP) is 2.48. The minimum absolute atomic E-state index is 0.181. The number of fused-ring (bicyclic) bond motifs is 1. The molecule has 6 nitrogen and oxygen atoms in total. The number of carbonyl (C=O) groups is 2. The zero-order valence-electron chi connectivity index (χ0n) is 13.8. The Kier molecular flexibility index (Phi) is 4.35. The molecule has 0 saturated carbocycles. The summed E-state index contributed by atoms with van der Waals surface area (Å²) in [6, 6.07) is 13.7. The molecule has 0 unspecified atom stereocenters. The number of hydrogen-bond acceptors (Lipinski definition) is 4. The number of nitrogens with one attached hydrogen (secondary N) is 2. The highest BCUT2D eigenvalue weighted by Crippen LogP contribution is 2.12. The number of hydrazine groups is 1. The van der Waals surface area contributed by atoms with E-state index in [-0.39, 0.29) is 5.56 Å². The maximum Gasteiger partial charge on any atom is 0.349 e. The summed E-state index contributed by atoms with van der Waals surface area (Å²) in [5.74, 6) is -1.20. The molecule has 2 N–H and O–H groups in total. The van der Waals surface area contributed by atoms with E-state index in [1.807, 2.05) is 26.0 Å². The molecule has 3 aromatic rings. The molecule has 0 spiro atoms. The van der Waals surface area contributed by atoms with Crippen LogP contribution in [0.15, 0.2) is 57.7 Å². The first kappa shape index (κ1) is 16.4. The van der Waals surface area contributed by atoms with E-state index in [4.69, 9.17) is 4.42 Å². The van der Waals surface area contributed by atoms with Gasteiger partial charge in [-0.2, -0.15) is 0 Å². The van der Waals surface area contributed by atoms with Gasteiger partial charge in [0.05, 0.1) is 0 Å². The second-order valence-electron chi connectivity index (χ2n) is 5.71. The average molecular weight is 336 g/mol. The van der Waals surface area contributed by atoms with Crippen LogP contribution in [0.1, 0.15) is 31.8 Å². The lowest BCUT2D eigenvalue weighted by molar-refractivity contribution is 0.0844. The van der Waals surface area contributed by atoms with Gasteiger partial charge in [0.25, 0.3) is 11.8 Å². The molecule has 25 heavy (non-hydrogen) atoms. The maximum atomic E-state index is 12.2. The summed E-state index contributed by atoms with van der Waals surface area (Å²) < 4.78 is 5.11. The van der Waals surface area contributed by atoms with E-state index in [0.29, 0.717) is 16.5 Å². The van der Waals surface area contributed by atoms with Crippen LogP contribution < -0.4 is 16.5 Å². The zero-order chi connectivity index (χ0) is 18.0.